The Morgan fingerprint density at radius 1 is 1.00 bits per heavy atom. The molecule has 11 heavy (non-hydrogen) atoms. The zero-order valence-corrected chi connectivity index (χ0v) is 7.21. The molecule has 0 saturated carbocycles. The summed E-state index contributed by atoms with van der Waals surface area (Å²) in [6.07, 6.45) is 0. The van der Waals surface area contributed by atoms with Gasteiger partial charge in [-0.1, -0.05) is 0 Å². The van der Waals surface area contributed by atoms with E-state index in [0.717, 1.165) is 0 Å². The number of rotatable bonds is 0. The number of nitrogens with zero attached hydrogens (tertiary/aromatic N) is 2. The van der Waals surface area contributed by atoms with Crippen molar-refractivity contribution in [2.24, 2.45) is 0 Å². The number of hydrogen-bond donors (Lipinski definition) is 2. The Kier molecular flexibility index (Phi) is 24.0. The van der Waals surface area contributed by atoms with Crippen LogP contribution in [0.2, 0.25) is 0 Å². The average molecular weight is 204 g/mol. The van der Waals surface area contributed by atoms with Gasteiger partial charge in [0.15, 0.2) is 12.1 Å². The molecule has 66 valence electrons. The maximum atomic E-state index is 8.59. The summed E-state index contributed by atoms with van der Waals surface area (Å²) < 4.78 is 34.4. The summed E-state index contributed by atoms with van der Waals surface area (Å²) in [6, 6.07) is 2.47. The Morgan fingerprint density at radius 2 is 1.09 bits per heavy atom. The van der Waals surface area contributed by atoms with Gasteiger partial charge in [0.1, 0.15) is 0 Å². The predicted octanol–water partition coefficient (Wildman–Crippen LogP) is -1.83. The molecule has 0 spiro atoms. The fraction of sp³-hybridized carbons (Fsp3) is 0. The van der Waals surface area contributed by atoms with Crippen LogP contribution in [0, 0.1) is 22.7 Å². The first-order chi connectivity index (χ1) is 3.91. The summed E-state index contributed by atoms with van der Waals surface area (Å²) in [7, 11) is 0. The fourth-order valence-electron chi connectivity index (χ4n) is 0. The van der Waals surface area contributed by atoms with Gasteiger partial charge in [-0.3, -0.25) is 0 Å². The Balaban J connectivity index is -0.0000000383. The topological polar surface area (TPSA) is 201 Å². The van der Waals surface area contributed by atoms with E-state index in [1.165, 1.54) is 12.1 Å². The van der Waals surface area contributed by atoms with Crippen LogP contribution in [-0.4, -0.2) is 0 Å². The van der Waals surface area contributed by atoms with Crippen LogP contribution in [0.3, 0.4) is 0 Å². The van der Waals surface area contributed by atoms with Crippen LogP contribution in [-0.2, 0) is 21.2 Å². The van der Waals surface area contributed by atoms with Crippen molar-refractivity contribution in [2.75, 3.05) is 0 Å². The van der Waals surface area contributed by atoms with Gasteiger partial charge >= 0.3 is 29.5 Å². The summed E-state index contributed by atoms with van der Waals surface area (Å²) >= 11 is -5.75. The van der Waals surface area contributed by atoms with Crippen LogP contribution in [0.4, 0.5) is 0 Å². The van der Waals surface area contributed by atoms with E-state index in [1.54, 1.807) is 0 Å². The van der Waals surface area contributed by atoms with Crippen molar-refractivity contribution >= 4 is 0 Å². The molecule has 8 nitrogen and oxygen atoms in total. The Bertz CT molecular complexity index is 212. The van der Waals surface area contributed by atoms with Crippen molar-refractivity contribution in [1.82, 2.24) is 12.3 Å². The second-order valence-electron chi connectivity index (χ2n) is 0.632. The van der Waals surface area contributed by atoms with E-state index in [1.807, 2.05) is 0 Å². The fourth-order valence-corrected chi connectivity index (χ4v) is 0. The van der Waals surface area contributed by atoms with E-state index < -0.39 is 13.6 Å². The summed E-state index contributed by atoms with van der Waals surface area (Å²) in [6.45, 7) is 0. The van der Waals surface area contributed by atoms with Crippen molar-refractivity contribution < 1.29 is 29.5 Å². The van der Waals surface area contributed by atoms with E-state index in [9.17, 15) is 0 Å². The third-order valence-electron chi connectivity index (χ3n) is 0.0500. The minimum atomic E-state index is -5.75. The number of nitriles is 2. The molecule has 0 heterocycles. The Morgan fingerprint density at radius 3 is 1.09 bits per heavy atom. The molecule has 0 rings (SSSR count). The summed E-state index contributed by atoms with van der Waals surface area (Å²) in [5.41, 5.74) is 0. The van der Waals surface area contributed by atoms with Crippen LogP contribution in [0.25, 0.3) is 0 Å². The number of quaternary nitrogens is 2. The molecule has 0 aromatic carbocycles. The van der Waals surface area contributed by atoms with Gasteiger partial charge in [0.25, 0.3) is 0 Å². The third-order valence-corrected chi connectivity index (χ3v) is 0.0500. The molecule has 0 fully saturated rings. The van der Waals surface area contributed by atoms with E-state index in [2.05, 4.69) is 0 Å². The van der Waals surface area contributed by atoms with E-state index in [-0.39, 0.29) is 12.3 Å². The monoisotopic (exact) mass is 204 g/mol. The van der Waals surface area contributed by atoms with Crippen LogP contribution in [0.1, 0.15) is 0 Å². The quantitative estimate of drug-likeness (QED) is 0.463. The van der Waals surface area contributed by atoms with Gasteiger partial charge in [0.2, 0.25) is 0 Å². The van der Waals surface area contributed by atoms with Crippen molar-refractivity contribution in [3.63, 3.8) is 0 Å². The Hall–Kier alpha value is -1.05. The van der Waals surface area contributed by atoms with Crippen molar-refractivity contribution in [1.29, 1.82) is 10.5 Å². The molecule has 0 atom stereocenters. The molecule has 0 amide bonds. The van der Waals surface area contributed by atoms with Crippen molar-refractivity contribution in [2.45, 2.75) is 0 Å². The molecule has 0 aliphatic heterocycles. The second-order valence-corrected chi connectivity index (χ2v) is 1.91. The van der Waals surface area contributed by atoms with Crippen LogP contribution >= 0.6 is 0 Å². The molecule has 0 unspecified atom stereocenters. The first-order valence-electron chi connectivity index (χ1n) is 1.36. The maximum absolute atomic E-state index is 8.59. The van der Waals surface area contributed by atoms with Crippen LogP contribution < -0.4 is 20.6 Å². The first-order valence-corrected chi connectivity index (χ1v) is 3.45. The van der Waals surface area contributed by atoms with Gasteiger partial charge in [0, 0.05) is 0 Å². The zero-order chi connectivity index (χ0) is 7.91. The van der Waals surface area contributed by atoms with Gasteiger partial charge in [-0.05, 0) is 0 Å². The van der Waals surface area contributed by atoms with E-state index in [0.29, 0.717) is 0 Å². The molecular formula is C2H8CrN4O4. The molecule has 0 aliphatic rings. The van der Waals surface area contributed by atoms with Gasteiger partial charge in [-0.25, -0.2) is 0 Å². The van der Waals surface area contributed by atoms with E-state index in [4.69, 9.17) is 26.4 Å². The molecule has 0 bridgehead atoms. The normalized spacial score (nSPS) is 6.18. The average Bonchev–Trinajstić information content (AvgIpc) is 1.61. The summed E-state index contributed by atoms with van der Waals surface area (Å²) in [4.78, 5) is 0. The minimum absolute atomic E-state index is 0. The molecule has 0 radical (unpaired) electrons. The number of hydrogen-bond acceptors (Lipinski definition) is 6. The molecule has 0 saturated heterocycles. The second kappa shape index (κ2) is 11.7. The van der Waals surface area contributed by atoms with Crippen molar-refractivity contribution in [3.05, 3.63) is 0 Å². The first kappa shape index (κ1) is 22.5. The van der Waals surface area contributed by atoms with Crippen LogP contribution in [0.15, 0.2) is 0 Å². The van der Waals surface area contributed by atoms with E-state index >= 15 is 0 Å². The zero-order valence-electron chi connectivity index (χ0n) is 5.94. The molecule has 0 aromatic rings. The van der Waals surface area contributed by atoms with Gasteiger partial charge in [-0.2, -0.15) is 10.5 Å². The SMILES string of the molecule is N#CC#N.[NH4+].[NH4+].[O]=[Cr](=[O])([O-])[O-]. The molecular weight excluding hydrogens is 196 g/mol. The van der Waals surface area contributed by atoms with Crippen LogP contribution in [0.5, 0.6) is 0 Å². The standard InChI is InChI=1S/C2N2.Cr.2H3N.4O/c3-1-2-4;;;;;;;/h;;2*1H3;;;;/q;;;;;;2*-1/p+2. The molecule has 8 N–H and O–H groups in total. The predicted molar refractivity (Wildman–Crippen MR) is 24.6 cm³/mol. The summed E-state index contributed by atoms with van der Waals surface area (Å²) in [5, 5.41) is 14.5. The van der Waals surface area contributed by atoms with Gasteiger partial charge < -0.3 is 12.3 Å². The molecule has 9 heteroatoms. The van der Waals surface area contributed by atoms with Gasteiger partial charge in [0.05, 0.1) is 0 Å². The third kappa shape index (κ3) is 192000. The Labute approximate surface area is 65.2 Å². The van der Waals surface area contributed by atoms with Gasteiger partial charge in [-0.15, -0.1) is 0 Å². The molecule has 0 aliphatic carbocycles. The van der Waals surface area contributed by atoms with Crippen molar-refractivity contribution in [3.8, 4) is 12.1 Å². The molecule has 0 aromatic heterocycles. The summed E-state index contributed by atoms with van der Waals surface area (Å²) in [5.74, 6) is 0.